The first-order chi connectivity index (χ1) is 42.8. The zero-order chi connectivity index (χ0) is 65.9. The molecule has 17 nitrogen and oxygen atoms in total. The highest BCUT2D eigenvalue weighted by molar-refractivity contribution is 7.47. The van der Waals surface area contributed by atoms with E-state index in [0.29, 0.717) is 25.7 Å². The Labute approximate surface area is 543 Å². The van der Waals surface area contributed by atoms with Crippen molar-refractivity contribution in [3.63, 3.8) is 0 Å². The number of phosphoric acid groups is 2. The minimum absolute atomic E-state index is 0.104. The van der Waals surface area contributed by atoms with Crippen molar-refractivity contribution in [2.75, 3.05) is 39.6 Å². The molecule has 0 bridgehead atoms. The van der Waals surface area contributed by atoms with Crippen LogP contribution in [0.4, 0.5) is 0 Å². The number of unbranched alkanes of at least 4 members (excludes halogenated alkanes) is 33. The number of aliphatic hydroxyl groups excluding tert-OH is 1. The molecule has 0 aromatic heterocycles. The maximum Gasteiger partial charge on any atom is 0.472 e. The van der Waals surface area contributed by atoms with Crippen LogP contribution in [0.25, 0.3) is 0 Å². The van der Waals surface area contributed by atoms with E-state index in [1.165, 1.54) is 161 Å². The number of hydrogen-bond donors (Lipinski definition) is 3. The third-order valence-corrected chi connectivity index (χ3v) is 19.1. The Bertz CT molecular complexity index is 1760. The van der Waals surface area contributed by atoms with Crippen LogP contribution in [0.2, 0.25) is 0 Å². The normalized spacial score (nSPS) is 15.1. The van der Waals surface area contributed by atoms with Crippen molar-refractivity contribution in [1.82, 2.24) is 0 Å². The molecule has 89 heavy (non-hydrogen) atoms. The van der Waals surface area contributed by atoms with Crippen molar-refractivity contribution < 1.29 is 80.2 Å². The van der Waals surface area contributed by atoms with Gasteiger partial charge in [0.15, 0.2) is 12.2 Å². The standard InChI is InChI=1S/C70H136O17P2/c1-8-12-13-14-15-16-17-18-19-20-32-39-46-53-69(74)86-65(57-80-67(72)51-44-37-30-24-21-27-34-41-48-61(5)9-2)59-84-88(76,77)82-55-64(71)56-83-89(78,79)85-60-66(87-70(75)54-47-40-33-26-23-29-36-43-50-63(7)11-4)58-81-68(73)52-45-38-31-25-22-28-35-42-49-62(6)10-3/h61-66,71H,8-60H2,1-7H3,(H,76,77)(H,78,79)/t61?,62?,63?,64-,65-,66-/m1/s1. The third kappa shape index (κ3) is 60.7. The Hall–Kier alpha value is -1.94. The molecule has 8 atom stereocenters. The van der Waals surface area contributed by atoms with Gasteiger partial charge in [-0.3, -0.25) is 37.3 Å². The molecule has 0 spiro atoms. The Balaban J connectivity index is 5.28. The minimum Gasteiger partial charge on any atom is -0.462 e. The maximum atomic E-state index is 13.0. The number of ether oxygens (including phenoxy) is 4. The second kappa shape index (κ2) is 61.0. The summed E-state index contributed by atoms with van der Waals surface area (Å²) in [4.78, 5) is 72.6. The van der Waals surface area contributed by atoms with Gasteiger partial charge in [-0.15, -0.1) is 0 Å². The fourth-order valence-electron chi connectivity index (χ4n) is 10.4. The molecule has 0 rings (SSSR count). The lowest BCUT2D eigenvalue weighted by molar-refractivity contribution is -0.161. The van der Waals surface area contributed by atoms with Gasteiger partial charge in [-0.1, -0.05) is 299 Å². The van der Waals surface area contributed by atoms with Gasteiger partial charge in [-0.2, -0.15) is 0 Å². The zero-order valence-corrected chi connectivity index (χ0v) is 59.7. The van der Waals surface area contributed by atoms with E-state index in [4.69, 9.17) is 37.0 Å². The van der Waals surface area contributed by atoms with Crippen LogP contribution in [-0.2, 0) is 65.4 Å². The molecule has 19 heteroatoms. The molecule has 0 aromatic rings. The fraction of sp³-hybridized carbons (Fsp3) is 0.943. The quantitative estimate of drug-likeness (QED) is 0.0222. The summed E-state index contributed by atoms with van der Waals surface area (Å²) >= 11 is 0. The molecule has 0 saturated carbocycles. The highest BCUT2D eigenvalue weighted by Gasteiger charge is 2.30. The van der Waals surface area contributed by atoms with Gasteiger partial charge < -0.3 is 33.8 Å². The van der Waals surface area contributed by atoms with Crippen LogP contribution in [0.15, 0.2) is 0 Å². The van der Waals surface area contributed by atoms with Gasteiger partial charge in [-0.25, -0.2) is 9.13 Å². The predicted octanol–water partition coefficient (Wildman–Crippen LogP) is 19.8. The Morgan fingerprint density at radius 1 is 0.315 bits per heavy atom. The second-order valence-corrected chi connectivity index (χ2v) is 28.9. The van der Waals surface area contributed by atoms with Crippen LogP contribution in [0.1, 0.15) is 350 Å². The first kappa shape index (κ1) is 87.1. The SMILES string of the molecule is CCCCCCCCCCCCCCCC(=O)O[C@H](COC(=O)CCCCCCCCCCC(C)CC)COP(=O)(O)OC[C@@H](O)COP(=O)(O)OC[C@@H](COC(=O)CCCCCCCCCCC(C)CC)OC(=O)CCCCCCCCCCC(C)CC. The van der Waals surface area contributed by atoms with Crippen LogP contribution in [0.3, 0.4) is 0 Å². The predicted molar refractivity (Wildman–Crippen MR) is 358 cm³/mol. The summed E-state index contributed by atoms with van der Waals surface area (Å²) in [5.41, 5.74) is 0. The average molecular weight is 1310 g/mol. The largest absolute Gasteiger partial charge is 0.472 e. The van der Waals surface area contributed by atoms with Gasteiger partial charge in [0.05, 0.1) is 26.4 Å². The summed E-state index contributed by atoms with van der Waals surface area (Å²) in [5, 5.41) is 10.6. The van der Waals surface area contributed by atoms with Crippen molar-refractivity contribution in [3.05, 3.63) is 0 Å². The Kier molecular flexibility index (Phi) is 59.6. The number of phosphoric ester groups is 2. The molecule has 0 saturated heterocycles. The van der Waals surface area contributed by atoms with Crippen LogP contribution < -0.4 is 0 Å². The van der Waals surface area contributed by atoms with E-state index in [1.807, 2.05) is 0 Å². The number of rotatable bonds is 68. The molecule has 0 aliphatic heterocycles. The smallest absolute Gasteiger partial charge is 0.462 e. The number of carbonyl (C=O) groups is 4. The van der Waals surface area contributed by atoms with Crippen LogP contribution >= 0.6 is 15.6 Å². The van der Waals surface area contributed by atoms with Crippen LogP contribution in [-0.4, -0.2) is 96.7 Å². The van der Waals surface area contributed by atoms with E-state index in [1.54, 1.807) is 0 Å². The van der Waals surface area contributed by atoms with Gasteiger partial charge in [-0.05, 0) is 43.4 Å². The molecular weight excluding hydrogens is 1170 g/mol. The summed E-state index contributed by atoms with van der Waals surface area (Å²) in [7, 11) is -9.90. The van der Waals surface area contributed by atoms with E-state index in [-0.39, 0.29) is 25.7 Å². The molecule has 3 N–H and O–H groups in total. The highest BCUT2D eigenvalue weighted by Crippen LogP contribution is 2.45. The van der Waals surface area contributed by atoms with Gasteiger partial charge in [0.2, 0.25) is 0 Å². The molecule has 5 unspecified atom stereocenters. The second-order valence-electron chi connectivity index (χ2n) is 26.0. The minimum atomic E-state index is -4.95. The van der Waals surface area contributed by atoms with Crippen molar-refractivity contribution in [1.29, 1.82) is 0 Å². The summed E-state index contributed by atoms with van der Waals surface area (Å²) < 4.78 is 68.3. The maximum absolute atomic E-state index is 13.0. The van der Waals surface area contributed by atoms with Gasteiger partial charge in [0.25, 0.3) is 0 Å². The lowest BCUT2D eigenvalue weighted by Gasteiger charge is -2.21. The lowest BCUT2D eigenvalue weighted by atomic mass is 9.99. The lowest BCUT2D eigenvalue weighted by Crippen LogP contribution is -2.30. The first-order valence-corrected chi connectivity index (χ1v) is 39.5. The molecule has 0 aromatic carbocycles. The molecule has 0 aliphatic carbocycles. The van der Waals surface area contributed by atoms with Gasteiger partial charge >= 0.3 is 39.5 Å². The molecular formula is C70H136O17P2. The van der Waals surface area contributed by atoms with Crippen molar-refractivity contribution in [2.45, 2.75) is 369 Å². The summed E-state index contributed by atoms with van der Waals surface area (Å²) in [5.74, 6) is 0.198. The van der Waals surface area contributed by atoms with Crippen molar-refractivity contribution >= 4 is 39.5 Å². The van der Waals surface area contributed by atoms with Gasteiger partial charge in [0, 0.05) is 25.7 Å². The molecule has 0 amide bonds. The highest BCUT2D eigenvalue weighted by atomic mass is 31.2. The monoisotopic (exact) mass is 1310 g/mol. The molecule has 528 valence electrons. The van der Waals surface area contributed by atoms with E-state index in [0.717, 1.165) is 108 Å². The summed E-state index contributed by atoms with van der Waals surface area (Å²) in [6, 6.07) is 0. The van der Waals surface area contributed by atoms with Gasteiger partial charge in [0.1, 0.15) is 19.3 Å². The topological polar surface area (TPSA) is 237 Å². The first-order valence-electron chi connectivity index (χ1n) is 36.5. The Morgan fingerprint density at radius 3 is 0.798 bits per heavy atom. The van der Waals surface area contributed by atoms with E-state index < -0.39 is 97.5 Å². The van der Waals surface area contributed by atoms with Crippen molar-refractivity contribution in [2.24, 2.45) is 17.8 Å². The number of esters is 4. The molecule has 0 radical (unpaired) electrons. The molecule has 0 fully saturated rings. The van der Waals surface area contributed by atoms with E-state index >= 15 is 0 Å². The van der Waals surface area contributed by atoms with Crippen molar-refractivity contribution in [3.8, 4) is 0 Å². The van der Waals surface area contributed by atoms with E-state index in [9.17, 15) is 43.2 Å². The zero-order valence-electron chi connectivity index (χ0n) is 57.9. The number of hydrogen-bond acceptors (Lipinski definition) is 15. The average Bonchev–Trinajstić information content (AvgIpc) is 3.72. The number of carbonyl (C=O) groups excluding carboxylic acids is 4. The number of aliphatic hydroxyl groups is 1. The Morgan fingerprint density at radius 2 is 0.539 bits per heavy atom. The molecule has 0 aliphatic rings. The summed E-state index contributed by atoms with van der Waals surface area (Å²) in [6.07, 6.45) is 44.2. The third-order valence-electron chi connectivity index (χ3n) is 17.2. The fourth-order valence-corrected chi connectivity index (χ4v) is 12.0. The van der Waals surface area contributed by atoms with Crippen LogP contribution in [0, 0.1) is 17.8 Å². The van der Waals surface area contributed by atoms with Crippen LogP contribution in [0.5, 0.6) is 0 Å². The molecule has 0 heterocycles. The van der Waals surface area contributed by atoms with E-state index in [2.05, 4.69) is 48.5 Å². The summed E-state index contributed by atoms with van der Waals surface area (Å²) in [6.45, 7) is 11.9.